The van der Waals surface area contributed by atoms with Gasteiger partial charge in [-0.15, -0.1) is 0 Å². The van der Waals surface area contributed by atoms with E-state index in [2.05, 4.69) is 88.0 Å². The number of hydroxylamine groups is 2. The summed E-state index contributed by atoms with van der Waals surface area (Å²) in [5.41, 5.74) is 2.24. The zero-order chi connectivity index (χ0) is 17.7. The third-order valence-electron chi connectivity index (χ3n) is 4.11. The summed E-state index contributed by atoms with van der Waals surface area (Å²) < 4.78 is 0. The van der Waals surface area contributed by atoms with E-state index in [-0.39, 0.29) is 17.7 Å². The van der Waals surface area contributed by atoms with Crippen molar-refractivity contribution in [1.82, 2.24) is 10.0 Å². The standard InChI is InChI=1S/C21H30N2O/c1-16(2)20(18-11-8-7-9-12-18)23(21(4,5)6)24-17(3)19-13-10-14-22-15-19/h7-17,20H,1-6H3. The molecule has 0 aliphatic carbocycles. The topological polar surface area (TPSA) is 25.4 Å². The Bertz CT molecular complexity index is 605. The summed E-state index contributed by atoms with van der Waals surface area (Å²) >= 11 is 0. The Kier molecular flexibility index (Phi) is 6.14. The fourth-order valence-electron chi connectivity index (χ4n) is 2.93. The van der Waals surface area contributed by atoms with Gasteiger partial charge in [0.25, 0.3) is 0 Å². The van der Waals surface area contributed by atoms with Gasteiger partial charge in [-0.1, -0.05) is 50.2 Å². The van der Waals surface area contributed by atoms with Gasteiger partial charge in [0, 0.05) is 23.5 Å². The normalized spacial score (nSPS) is 14.8. The minimum absolute atomic E-state index is 0.0529. The van der Waals surface area contributed by atoms with E-state index in [1.807, 2.05) is 12.3 Å². The van der Waals surface area contributed by atoms with Gasteiger partial charge in [-0.3, -0.25) is 9.82 Å². The van der Waals surface area contributed by atoms with Crippen LogP contribution in [0, 0.1) is 5.92 Å². The molecule has 0 N–H and O–H groups in total. The van der Waals surface area contributed by atoms with Gasteiger partial charge in [0.05, 0.1) is 6.04 Å². The van der Waals surface area contributed by atoms with Crippen LogP contribution < -0.4 is 0 Å². The van der Waals surface area contributed by atoms with Gasteiger partial charge in [-0.05, 0) is 45.2 Å². The number of nitrogens with zero attached hydrogens (tertiary/aromatic N) is 2. The van der Waals surface area contributed by atoms with Crippen molar-refractivity contribution in [2.75, 3.05) is 0 Å². The van der Waals surface area contributed by atoms with Crippen molar-refractivity contribution in [3.8, 4) is 0 Å². The molecule has 1 heterocycles. The molecule has 0 aliphatic rings. The van der Waals surface area contributed by atoms with Crippen LogP contribution in [0.1, 0.15) is 64.8 Å². The predicted octanol–water partition coefficient (Wildman–Crippen LogP) is 5.57. The summed E-state index contributed by atoms with van der Waals surface area (Å²) in [6.07, 6.45) is 3.61. The van der Waals surface area contributed by atoms with Crippen LogP contribution in [0.4, 0.5) is 0 Å². The van der Waals surface area contributed by atoms with Gasteiger partial charge in [-0.2, -0.15) is 5.06 Å². The molecule has 24 heavy (non-hydrogen) atoms. The smallest absolute Gasteiger partial charge is 0.103 e. The minimum Gasteiger partial charge on any atom is -0.290 e. The summed E-state index contributed by atoms with van der Waals surface area (Å²) in [6.45, 7) is 13.2. The highest BCUT2D eigenvalue weighted by molar-refractivity contribution is 5.20. The monoisotopic (exact) mass is 326 g/mol. The molecule has 130 valence electrons. The van der Waals surface area contributed by atoms with Gasteiger partial charge in [0.15, 0.2) is 0 Å². The van der Waals surface area contributed by atoms with Crippen molar-refractivity contribution in [3.05, 3.63) is 66.0 Å². The van der Waals surface area contributed by atoms with E-state index in [4.69, 9.17) is 4.84 Å². The Morgan fingerprint density at radius 3 is 2.04 bits per heavy atom. The largest absolute Gasteiger partial charge is 0.290 e. The molecular weight excluding hydrogens is 296 g/mol. The average Bonchev–Trinajstić information content (AvgIpc) is 2.55. The van der Waals surface area contributed by atoms with Crippen LogP contribution in [0.25, 0.3) is 0 Å². The number of pyridine rings is 1. The molecule has 2 unspecified atom stereocenters. The molecule has 2 atom stereocenters. The highest BCUT2D eigenvalue weighted by Crippen LogP contribution is 2.36. The molecule has 3 nitrogen and oxygen atoms in total. The van der Waals surface area contributed by atoms with Crippen LogP contribution in [0.15, 0.2) is 54.9 Å². The van der Waals surface area contributed by atoms with E-state index < -0.39 is 0 Å². The van der Waals surface area contributed by atoms with Crippen molar-refractivity contribution in [1.29, 1.82) is 0 Å². The fraction of sp³-hybridized carbons (Fsp3) is 0.476. The zero-order valence-corrected chi connectivity index (χ0v) is 15.7. The molecule has 2 rings (SSSR count). The Hall–Kier alpha value is -1.71. The number of hydrogen-bond acceptors (Lipinski definition) is 3. The minimum atomic E-state index is -0.124. The van der Waals surface area contributed by atoms with E-state index in [1.54, 1.807) is 6.20 Å². The van der Waals surface area contributed by atoms with E-state index >= 15 is 0 Å². The maximum Gasteiger partial charge on any atom is 0.103 e. The SMILES string of the molecule is CC(ON(C(c1ccccc1)C(C)C)C(C)(C)C)c1cccnc1. The third kappa shape index (κ3) is 4.65. The Balaban J connectivity index is 2.33. The summed E-state index contributed by atoms with van der Waals surface area (Å²) in [5.74, 6) is 0.424. The summed E-state index contributed by atoms with van der Waals surface area (Å²) in [6, 6.07) is 14.8. The lowest BCUT2D eigenvalue weighted by Crippen LogP contribution is -2.46. The van der Waals surface area contributed by atoms with Crippen LogP contribution in [-0.4, -0.2) is 15.6 Å². The van der Waals surface area contributed by atoms with E-state index in [1.165, 1.54) is 5.56 Å². The summed E-state index contributed by atoms with van der Waals surface area (Å²) in [5, 5.41) is 2.16. The summed E-state index contributed by atoms with van der Waals surface area (Å²) in [7, 11) is 0. The molecule has 3 heteroatoms. The lowest BCUT2D eigenvalue weighted by molar-refractivity contribution is -0.272. The second kappa shape index (κ2) is 7.91. The Morgan fingerprint density at radius 1 is 0.917 bits per heavy atom. The first-order chi connectivity index (χ1) is 11.3. The molecule has 2 aromatic rings. The molecule has 1 aromatic carbocycles. The van der Waals surface area contributed by atoms with Crippen molar-refractivity contribution >= 4 is 0 Å². The number of rotatable bonds is 6. The van der Waals surface area contributed by atoms with E-state index in [0.29, 0.717) is 5.92 Å². The first-order valence-corrected chi connectivity index (χ1v) is 8.71. The molecule has 0 radical (unpaired) electrons. The lowest BCUT2D eigenvalue weighted by atomic mass is 9.92. The lowest BCUT2D eigenvalue weighted by Gasteiger charge is -2.43. The average molecular weight is 326 g/mol. The molecule has 0 fully saturated rings. The van der Waals surface area contributed by atoms with E-state index in [9.17, 15) is 0 Å². The molecule has 0 aliphatic heterocycles. The predicted molar refractivity (Wildman–Crippen MR) is 99.4 cm³/mol. The Labute approximate surface area is 146 Å². The second-order valence-electron chi connectivity index (χ2n) is 7.63. The van der Waals surface area contributed by atoms with Crippen molar-refractivity contribution < 1.29 is 4.84 Å². The number of hydrogen-bond donors (Lipinski definition) is 0. The molecule has 1 aromatic heterocycles. The summed E-state index contributed by atoms with van der Waals surface area (Å²) in [4.78, 5) is 10.7. The van der Waals surface area contributed by atoms with Crippen molar-refractivity contribution in [3.63, 3.8) is 0 Å². The third-order valence-corrected chi connectivity index (χ3v) is 4.11. The van der Waals surface area contributed by atoms with Crippen molar-refractivity contribution in [2.45, 2.75) is 59.2 Å². The molecule has 0 amide bonds. The van der Waals surface area contributed by atoms with Crippen LogP contribution in [0.5, 0.6) is 0 Å². The maximum atomic E-state index is 6.47. The highest BCUT2D eigenvalue weighted by atomic mass is 16.7. The number of aromatic nitrogens is 1. The zero-order valence-electron chi connectivity index (χ0n) is 15.7. The quantitative estimate of drug-likeness (QED) is 0.649. The molecular formula is C21H30N2O. The van der Waals surface area contributed by atoms with Crippen molar-refractivity contribution in [2.24, 2.45) is 5.92 Å². The van der Waals surface area contributed by atoms with Gasteiger partial charge in [-0.25, -0.2) is 0 Å². The van der Waals surface area contributed by atoms with Crippen LogP contribution in [-0.2, 0) is 4.84 Å². The van der Waals surface area contributed by atoms with Gasteiger partial charge < -0.3 is 0 Å². The first-order valence-electron chi connectivity index (χ1n) is 8.71. The molecule has 0 bridgehead atoms. The van der Waals surface area contributed by atoms with Gasteiger partial charge in [0.1, 0.15) is 6.10 Å². The molecule has 0 saturated heterocycles. The molecule has 0 spiro atoms. The van der Waals surface area contributed by atoms with Crippen LogP contribution in [0.2, 0.25) is 0 Å². The first kappa shape index (κ1) is 18.6. The Morgan fingerprint density at radius 2 is 1.54 bits per heavy atom. The van der Waals surface area contributed by atoms with Gasteiger partial charge in [0.2, 0.25) is 0 Å². The highest BCUT2D eigenvalue weighted by Gasteiger charge is 2.34. The van der Waals surface area contributed by atoms with Crippen LogP contribution >= 0.6 is 0 Å². The second-order valence-corrected chi connectivity index (χ2v) is 7.63. The van der Waals surface area contributed by atoms with Gasteiger partial charge >= 0.3 is 0 Å². The fourth-order valence-corrected chi connectivity index (χ4v) is 2.93. The van der Waals surface area contributed by atoms with E-state index in [0.717, 1.165) is 5.56 Å². The number of benzene rings is 1. The maximum absolute atomic E-state index is 6.47. The van der Waals surface area contributed by atoms with Crippen LogP contribution in [0.3, 0.4) is 0 Å². The molecule has 0 saturated carbocycles.